The summed E-state index contributed by atoms with van der Waals surface area (Å²) in [7, 11) is 1.52. The van der Waals surface area contributed by atoms with Crippen LogP contribution in [-0.4, -0.2) is 17.3 Å². The summed E-state index contributed by atoms with van der Waals surface area (Å²) < 4.78 is 18.1. The summed E-state index contributed by atoms with van der Waals surface area (Å²) in [5.74, 6) is 5.68. The van der Waals surface area contributed by atoms with Gasteiger partial charge in [-0.25, -0.2) is 4.39 Å². The number of hydrazine groups is 1. The fourth-order valence-electron chi connectivity index (χ4n) is 1.77. The molecule has 0 radical (unpaired) electrons. The van der Waals surface area contributed by atoms with Gasteiger partial charge in [-0.15, -0.1) is 5.10 Å². The third kappa shape index (κ3) is 3.46. The molecule has 2 aromatic rings. The predicted octanol–water partition coefficient (Wildman–Crippen LogP) is 1.37. The van der Waals surface area contributed by atoms with Gasteiger partial charge in [0.2, 0.25) is 5.88 Å². The molecule has 5 nitrogen and oxygen atoms in total. The maximum atomic E-state index is 13.1. The van der Waals surface area contributed by atoms with E-state index in [4.69, 9.17) is 10.6 Å². The minimum atomic E-state index is -0.269. The fraction of sp³-hybridized carbons (Fsp3) is 0.231. The molecule has 1 atom stereocenters. The van der Waals surface area contributed by atoms with E-state index in [1.165, 1.54) is 19.2 Å². The van der Waals surface area contributed by atoms with Gasteiger partial charge in [0.25, 0.3) is 0 Å². The predicted molar refractivity (Wildman–Crippen MR) is 68.8 cm³/mol. The first-order chi connectivity index (χ1) is 9.22. The average Bonchev–Trinajstić information content (AvgIpc) is 2.45. The van der Waals surface area contributed by atoms with Crippen LogP contribution in [0.2, 0.25) is 0 Å². The maximum Gasteiger partial charge on any atom is 0.233 e. The van der Waals surface area contributed by atoms with Crippen LogP contribution in [0.3, 0.4) is 0 Å². The monoisotopic (exact) mass is 262 g/mol. The highest BCUT2D eigenvalue weighted by molar-refractivity contribution is 5.21. The second-order valence-corrected chi connectivity index (χ2v) is 4.05. The lowest BCUT2D eigenvalue weighted by atomic mass is 10.0. The Morgan fingerprint density at radius 2 is 2.16 bits per heavy atom. The van der Waals surface area contributed by atoms with Crippen LogP contribution >= 0.6 is 0 Å². The van der Waals surface area contributed by atoms with Crippen molar-refractivity contribution in [1.82, 2.24) is 15.6 Å². The van der Waals surface area contributed by atoms with E-state index in [1.807, 2.05) is 6.07 Å². The van der Waals surface area contributed by atoms with Crippen molar-refractivity contribution in [3.05, 3.63) is 53.5 Å². The summed E-state index contributed by atoms with van der Waals surface area (Å²) in [6.45, 7) is 0. The van der Waals surface area contributed by atoms with Crippen molar-refractivity contribution in [3.63, 3.8) is 0 Å². The highest BCUT2D eigenvalue weighted by Gasteiger charge is 2.13. The Hall–Kier alpha value is -2.05. The maximum absolute atomic E-state index is 13.1. The van der Waals surface area contributed by atoms with Crippen LogP contribution in [0.4, 0.5) is 4.39 Å². The van der Waals surface area contributed by atoms with E-state index in [9.17, 15) is 4.39 Å². The minimum absolute atomic E-state index is 0.236. The van der Waals surface area contributed by atoms with E-state index < -0.39 is 0 Å². The van der Waals surface area contributed by atoms with Gasteiger partial charge in [0.05, 0.1) is 18.8 Å². The zero-order valence-corrected chi connectivity index (χ0v) is 10.5. The van der Waals surface area contributed by atoms with E-state index in [0.717, 1.165) is 5.56 Å². The van der Waals surface area contributed by atoms with Crippen molar-refractivity contribution in [2.24, 2.45) is 5.84 Å². The van der Waals surface area contributed by atoms with Gasteiger partial charge in [0.15, 0.2) is 0 Å². The Kier molecular flexibility index (Phi) is 4.38. The summed E-state index contributed by atoms with van der Waals surface area (Å²) in [5.41, 5.74) is 4.17. The number of nitrogens with two attached hydrogens (primary N) is 1. The number of aromatic nitrogens is 2. The molecule has 19 heavy (non-hydrogen) atoms. The van der Waals surface area contributed by atoms with Crippen LogP contribution in [0.15, 0.2) is 36.4 Å². The van der Waals surface area contributed by atoms with E-state index in [0.29, 0.717) is 18.0 Å². The van der Waals surface area contributed by atoms with Crippen molar-refractivity contribution in [3.8, 4) is 5.88 Å². The Morgan fingerprint density at radius 1 is 1.32 bits per heavy atom. The molecule has 0 amide bonds. The SMILES string of the molecule is COc1ccc(C(Cc2cccc(F)c2)NN)nn1. The highest BCUT2D eigenvalue weighted by atomic mass is 19.1. The average molecular weight is 262 g/mol. The summed E-state index contributed by atoms with van der Waals surface area (Å²) in [6.07, 6.45) is 0.523. The van der Waals surface area contributed by atoms with Crippen LogP contribution in [0, 0.1) is 5.82 Å². The number of hydrogen-bond acceptors (Lipinski definition) is 5. The summed E-state index contributed by atoms with van der Waals surface area (Å²) in [5, 5.41) is 7.91. The number of halogens is 1. The molecule has 1 heterocycles. The number of benzene rings is 1. The third-order valence-corrected chi connectivity index (χ3v) is 2.76. The van der Waals surface area contributed by atoms with Crippen molar-refractivity contribution < 1.29 is 9.13 Å². The molecule has 0 saturated heterocycles. The number of methoxy groups -OCH3 is 1. The second kappa shape index (κ2) is 6.21. The van der Waals surface area contributed by atoms with Crippen molar-refractivity contribution in [2.75, 3.05) is 7.11 Å². The zero-order valence-electron chi connectivity index (χ0n) is 10.5. The largest absolute Gasteiger partial charge is 0.480 e. The quantitative estimate of drug-likeness (QED) is 0.629. The van der Waals surface area contributed by atoms with E-state index in [1.54, 1.807) is 18.2 Å². The smallest absolute Gasteiger partial charge is 0.233 e. The number of nitrogens with one attached hydrogen (secondary N) is 1. The lowest BCUT2D eigenvalue weighted by Gasteiger charge is -2.15. The van der Waals surface area contributed by atoms with Gasteiger partial charge < -0.3 is 4.74 Å². The Labute approximate surface area is 110 Å². The normalized spacial score (nSPS) is 12.2. The molecule has 1 aromatic carbocycles. The van der Waals surface area contributed by atoms with Gasteiger partial charge in [-0.3, -0.25) is 11.3 Å². The van der Waals surface area contributed by atoms with Crippen LogP contribution in [-0.2, 0) is 6.42 Å². The van der Waals surface area contributed by atoms with Crippen LogP contribution < -0.4 is 16.0 Å². The fourth-order valence-corrected chi connectivity index (χ4v) is 1.77. The summed E-state index contributed by atoms with van der Waals surface area (Å²) in [4.78, 5) is 0. The molecule has 0 aliphatic carbocycles. The molecule has 2 rings (SSSR count). The molecule has 6 heteroatoms. The van der Waals surface area contributed by atoms with Crippen LogP contribution in [0.25, 0.3) is 0 Å². The molecule has 3 N–H and O–H groups in total. The van der Waals surface area contributed by atoms with Gasteiger partial charge in [-0.1, -0.05) is 12.1 Å². The second-order valence-electron chi connectivity index (χ2n) is 4.05. The number of hydrogen-bond donors (Lipinski definition) is 2. The lowest BCUT2D eigenvalue weighted by Crippen LogP contribution is -2.30. The van der Waals surface area contributed by atoms with Gasteiger partial charge in [0.1, 0.15) is 5.82 Å². The van der Waals surface area contributed by atoms with E-state index in [2.05, 4.69) is 15.6 Å². The van der Waals surface area contributed by atoms with Crippen LogP contribution in [0.1, 0.15) is 17.3 Å². The summed E-state index contributed by atoms with van der Waals surface area (Å²) in [6, 6.07) is 9.62. The van der Waals surface area contributed by atoms with E-state index in [-0.39, 0.29) is 11.9 Å². The third-order valence-electron chi connectivity index (χ3n) is 2.76. The van der Waals surface area contributed by atoms with Gasteiger partial charge in [-0.05, 0) is 30.2 Å². The molecule has 0 bridgehead atoms. The molecule has 100 valence electrons. The minimum Gasteiger partial charge on any atom is -0.480 e. The van der Waals surface area contributed by atoms with E-state index >= 15 is 0 Å². The number of ether oxygens (including phenoxy) is 1. The molecule has 0 aliphatic rings. The number of rotatable bonds is 5. The molecule has 0 saturated carbocycles. The molecular weight excluding hydrogens is 247 g/mol. The van der Waals surface area contributed by atoms with Crippen molar-refractivity contribution >= 4 is 0 Å². The van der Waals surface area contributed by atoms with Crippen molar-refractivity contribution in [2.45, 2.75) is 12.5 Å². The topological polar surface area (TPSA) is 73.1 Å². The Bertz CT molecular complexity index is 532. The molecule has 0 aliphatic heterocycles. The zero-order chi connectivity index (χ0) is 13.7. The van der Waals surface area contributed by atoms with Crippen molar-refractivity contribution in [1.29, 1.82) is 0 Å². The van der Waals surface area contributed by atoms with Gasteiger partial charge in [-0.2, -0.15) is 5.10 Å². The molecule has 0 spiro atoms. The first kappa shape index (κ1) is 13.4. The molecule has 0 fully saturated rings. The number of nitrogens with zero attached hydrogens (tertiary/aromatic N) is 2. The standard InChI is InChI=1S/C13H15FN4O/c1-19-13-6-5-11(17-18-13)12(16-15)8-9-3-2-4-10(14)7-9/h2-7,12,16H,8,15H2,1H3. The first-order valence-electron chi connectivity index (χ1n) is 5.81. The molecule has 1 aromatic heterocycles. The lowest BCUT2D eigenvalue weighted by molar-refractivity contribution is 0.389. The van der Waals surface area contributed by atoms with Gasteiger partial charge >= 0.3 is 0 Å². The molecular formula is C13H15FN4O. The highest BCUT2D eigenvalue weighted by Crippen LogP contribution is 2.17. The summed E-state index contributed by atoms with van der Waals surface area (Å²) >= 11 is 0. The van der Waals surface area contributed by atoms with Crippen LogP contribution in [0.5, 0.6) is 5.88 Å². The Morgan fingerprint density at radius 3 is 2.74 bits per heavy atom. The Balaban J connectivity index is 2.15. The molecule has 1 unspecified atom stereocenters. The first-order valence-corrected chi connectivity index (χ1v) is 5.81. The van der Waals surface area contributed by atoms with Gasteiger partial charge in [0, 0.05) is 6.07 Å².